The summed E-state index contributed by atoms with van der Waals surface area (Å²) in [5, 5.41) is 0. The molecule has 0 aliphatic carbocycles. The van der Waals surface area contributed by atoms with Gasteiger partial charge in [-0.2, -0.15) is 0 Å². The van der Waals surface area contributed by atoms with Gasteiger partial charge >= 0.3 is 0 Å². The highest BCUT2D eigenvalue weighted by molar-refractivity contribution is 5.33. The van der Waals surface area contributed by atoms with Crippen LogP contribution in [0.15, 0.2) is 18.2 Å². The summed E-state index contributed by atoms with van der Waals surface area (Å²) >= 11 is 0. The van der Waals surface area contributed by atoms with Gasteiger partial charge in [0.1, 0.15) is 0 Å². The van der Waals surface area contributed by atoms with Crippen molar-refractivity contribution in [1.82, 2.24) is 4.90 Å². The van der Waals surface area contributed by atoms with Crippen LogP contribution < -0.4 is 5.73 Å². The van der Waals surface area contributed by atoms with E-state index in [2.05, 4.69) is 50.8 Å². The number of hydrogen-bond donors (Lipinski definition) is 1. The Morgan fingerprint density at radius 3 is 2.39 bits per heavy atom. The Morgan fingerprint density at radius 1 is 1.22 bits per heavy atom. The molecular formula is C16H26N2. The predicted octanol–water partition coefficient (Wildman–Crippen LogP) is 2.89. The fraction of sp³-hybridized carbons (Fsp3) is 0.625. The van der Waals surface area contributed by atoms with Crippen molar-refractivity contribution >= 4 is 0 Å². The van der Waals surface area contributed by atoms with E-state index in [-0.39, 0.29) is 0 Å². The minimum absolute atomic E-state index is 0.386. The first-order valence-corrected chi connectivity index (χ1v) is 7.04. The van der Waals surface area contributed by atoms with Crippen LogP contribution in [-0.4, -0.2) is 24.5 Å². The predicted molar refractivity (Wildman–Crippen MR) is 77.6 cm³/mol. The fourth-order valence-electron chi connectivity index (χ4n) is 3.02. The highest BCUT2D eigenvalue weighted by atomic mass is 15.2. The minimum Gasteiger partial charge on any atom is -0.329 e. The first-order valence-electron chi connectivity index (χ1n) is 7.04. The molecule has 0 spiro atoms. The molecule has 0 bridgehead atoms. The topological polar surface area (TPSA) is 29.3 Å². The van der Waals surface area contributed by atoms with E-state index < -0.39 is 0 Å². The van der Waals surface area contributed by atoms with Gasteiger partial charge in [0.25, 0.3) is 0 Å². The van der Waals surface area contributed by atoms with E-state index in [4.69, 9.17) is 5.73 Å². The molecule has 3 unspecified atom stereocenters. The molecule has 18 heavy (non-hydrogen) atoms. The molecule has 2 rings (SSSR count). The molecular weight excluding hydrogens is 220 g/mol. The number of nitrogens with zero attached hydrogens (tertiary/aromatic N) is 1. The molecule has 1 heterocycles. The summed E-state index contributed by atoms with van der Waals surface area (Å²) in [5.41, 5.74) is 10.2. The SMILES string of the molecule is Cc1ccc(C)c(C(CN)N2CC(C)C(C)C2)c1. The summed E-state index contributed by atoms with van der Waals surface area (Å²) in [7, 11) is 0. The van der Waals surface area contributed by atoms with Crippen LogP contribution in [0, 0.1) is 25.7 Å². The third-order valence-electron chi connectivity index (χ3n) is 4.47. The van der Waals surface area contributed by atoms with Crippen LogP contribution in [0.4, 0.5) is 0 Å². The Morgan fingerprint density at radius 2 is 1.83 bits per heavy atom. The molecule has 100 valence electrons. The number of hydrogen-bond acceptors (Lipinski definition) is 2. The Bertz CT molecular complexity index is 404. The lowest BCUT2D eigenvalue weighted by molar-refractivity contribution is 0.239. The summed E-state index contributed by atoms with van der Waals surface area (Å²) in [5.74, 6) is 1.56. The van der Waals surface area contributed by atoms with Gasteiger partial charge < -0.3 is 5.73 Å². The third kappa shape index (κ3) is 2.60. The highest BCUT2D eigenvalue weighted by Crippen LogP contribution is 2.31. The van der Waals surface area contributed by atoms with Crippen LogP contribution in [0.5, 0.6) is 0 Å². The molecule has 1 aromatic rings. The van der Waals surface area contributed by atoms with Crippen molar-refractivity contribution in [3.63, 3.8) is 0 Å². The second kappa shape index (κ2) is 5.41. The van der Waals surface area contributed by atoms with E-state index >= 15 is 0 Å². The number of nitrogens with two attached hydrogens (primary N) is 1. The summed E-state index contributed by atoms with van der Waals surface area (Å²) in [6, 6.07) is 7.09. The van der Waals surface area contributed by atoms with Gasteiger partial charge in [0.2, 0.25) is 0 Å². The monoisotopic (exact) mass is 246 g/mol. The van der Waals surface area contributed by atoms with E-state index in [1.165, 1.54) is 29.8 Å². The zero-order valence-electron chi connectivity index (χ0n) is 12.1. The van der Waals surface area contributed by atoms with Crippen LogP contribution in [-0.2, 0) is 0 Å². The van der Waals surface area contributed by atoms with Crippen LogP contribution in [0.25, 0.3) is 0 Å². The third-order valence-corrected chi connectivity index (χ3v) is 4.47. The molecule has 2 N–H and O–H groups in total. The first kappa shape index (κ1) is 13.6. The molecule has 2 nitrogen and oxygen atoms in total. The number of rotatable bonds is 3. The molecule has 0 radical (unpaired) electrons. The summed E-state index contributed by atoms with van der Waals surface area (Å²) in [4.78, 5) is 2.57. The molecule has 3 atom stereocenters. The van der Waals surface area contributed by atoms with Gasteiger partial charge in [0, 0.05) is 25.7 Å². The summed E-state index contributed by atoms with van der Waals surface area (Å²) in [6.07, 6.45) is 0. The van der Waals surface area contributed by atoms with E-state index in [1.807, 2.05) is 0 Å². The average molecular weight is 246 g/mol. The smallest absolute Gasteiger partial charge is 0.0473 e. The Kier molecular flexibility index (Phi) is 4.08. The van der Waals surface area contributed by atoms with Crippen molar-refractivity contribution < 1.29 is 0 Å². The molecule has 1 aliphatic rings. The second-order valence-corrected chi connectivity index (χ2v) is 6.02. The Labute approximate surface area is 111 Å². The van der Waals surface area contributed by atoms with Crippen LogP contribution in [0.1, 0.15) is 36.6 Å². The maximum Gasteiger partial charge on any atom is 0.0473 e. The van der Waals surface area contributed by atoms with E-state index in [1.54, 1.807) is 0 Å². The van der Waals surface area contributed by atoms with Crippen molar-refractivity contribution in [1.29, 1.82) is 0 Å². The number of aryl methyl sites for hydroxylation is 2. The van der Waals surface area contributed by atoms with E-state index in [0.29, 0.717) is 12.6 Å². The normalized spacial score (nSPS) is 26.5. The summed E-state index contributed by atoms with van der Waals surface area (Å²) in [6.45, 7) is 12.1. The average Bonchev–Trinajstić information content (AvgIpc) is 2.65. The van der Waals surface area contributed by atoms with Gasteiger partial charge in [-0.25, -0.2) is 0 Å². The zero-order valence-corrected chi connectivity index (χ0v) is 12.1. The van der Waals surface area contributed by atoms with Crippen molar-refractivity contribution in [3.8, 4) is 0 Å². The van der Waals surface area contributed by atoms with Crippen LogP contribution in [0.2, 0.25) is 0 Å². The molecule has 0 aromatic heterocycles. The highest BCUT2D eigenvalue weighted by Gasteiger charge is 2.31. The minimum atomic E-state index is 0.386. The molecule has 1 aromatic carbocycles. The maximum absolute atomic E-state index is 6.05. The van der Waals surface area contributed by atoms with Crippen molar-refractivity contribution in [2.24, 2.45) is 17.6 Å². The summed E-state index contributed by atoms with van der Waals surface area (Å²) < 4.78 is 0. The molecule has 0 saturated carbocycles. The van der Waals surface area contributed by atoms with Gasteiger partial charge in [-0.1, -0.05) is 37.6 Å². The Hall–Kier alpha value is -0.860. The largest absolute Gasteiger partial charge is 0.329 e. The maximum atomic E-state index is 6.05. The molecule has 1 aliphatic heterocycles. The second-order valence-electron chi connectivity index (χ2n) is 6.02. The quantitative estimate of drug-likeness (QED) is 0.888. The molecule has 1 fully saturated rings. The molecule has 1 saturated heterocycles. The van der Waals surface area contributed by atoms with Crippen LogP contribution >= 0.6 is 0 Å². The molecule has 2 heteroatoms. The zero-order chi connectivity index (χ0) is 13.3. The van der Waals surface area contributed by atoms with Gasteiger partial charge in [0.05, 0.1) is 0 Å². The fourth-order valence-corrected chi connectivity index (χ4v) is 3.02. The molecule has 0 amide bonds. The standard InChI is InChI=1S/C16H26N2/c1-11-5-6-12(2)15(7-11)16(8-17)18-9-13(3)14(4)10-18/h5-7,13-14,16H,8-10,17H2,1-4H3. The van der Waals surface area contributed by atoms with Gasteiger partial charge in [0.15, 0.2) is 0 Å². The van der Waals surface area contributed by atoms with E-state index in [0.717, 1.165) is 11.8 Å². The number of benzene rings is 1. The van der Waals surface area contributed by atoms with Gasteiger partial charge in [-0.15, -0.1) is 0 Å². The lowest BCUT2D eigenvalue weighted by Gasteiger charge is -2.28. The first-order chi connectivity index (χ1) is 8.52. The van der Waals surface area contributed by atoms with E-state index in [9.17, 15) is 0 Å². The van der Waals surface area contributed by atoms with Gasteiger partial charge in [-0.3, -0.25) is 4.90 Å². The van der Waals surface area contributed by atoms with Crippen molar-refractivity contribution in [2.45, 2.75) is 33.7 Å². The lowest BCUT2D eigenvalue weighted by atomic mass is 9.98. The van der Waals surface area contributed by atoms with Crippen LogP contribution in [0.3, 0.4) is 0 Å². The lowest BCUT2D eigenvalue weighted by Crippen LogP contribution is -2.32. The van der Waals surface area contributed by atoms with Crippen molar-refractivity contribution in [3.05, 3.63) is 34.9 Å². The van der Waals surface area contributed by atoms with Crippen molar-refractivity contribution in [2.75, 3.05) is 19.6 Å². The Balaban J connectivity index is 2.26. The number of likely N-dealkylation sites (tertiary alicyclic amines) is 1. The van der Waals surface area contributed by atoms with Gasteiger partial charge in [-0.05, 0) is 36.8 Å².